The molecule has 1 heterocycles. The number of methoxy groups -OCH3 is 1. The number of rotatable bonds is 8. The van der Waals surface area contributed by atoms with Crippen molar-refractivity contribution < 1.29 is 22.7 Å². The van der Waals surface area contributed by atoms with Crippen molar-refractivity contribution in [3.8, 4) is 0 Å². The summed E-state index contributed by atoms with van der Waals surface area (Å²) in [5, 5.41) is 5.88. The quantitative estimate of drug-likeness (QED) is 0.527. The molecule has 1 unspecified atom stereocenters. The SMILES string of the molecule is COCCNS(=O)(=O)c1ccc(CNC(=O)C2COCCN2)cc1. The van der Waals surface area contributed by atoms with E-state index in [2.05, 4.69) is 15.4 Å². The molecule has 1 aliphatic heterocycles. The van der Waals surface area contributed by atoms with E-state index in [9.17, 15) is 13.2 Å². The minimum Gasteiger partial charge on any atom is -0.383 e. The fourth-order valence-corrected chi connectivity index (χ4v) is 3.21. The largest absolute Gasteiger partial charge is 0.383 e. The highest BCUT2D eigenvalue weighted by atomic mass is 32.2. The molecule has 3 N–H and O–H groups in total. The summed E-state index contributed by atoms with van der Waals surface area (Å²) in [6.45, 7) is 2.47. The van der Waals surface area contributed by atoms with Crippen LogP contribution in [0.4, 0.5) is 0 Å². The lowest BCUT2D eigenvalue weighted by Gasteiger charge is -2.22. The highest BCUT2D eigenvalue weighted by Crippen LogP contribution is 2.10. The molecular formula is C15H23N3O5S. The van der Waals surface area contributed by atoms with E-state index in [0.29, 0.717) is 32.9 Å². The Labute approximate surface area is 142 Å². The number of hydrogen-bond acceptors (Lipinski definition) is 6. The molecular weight excluding hydrogens is 334 g/mol. The molecule has 1 atom stereocenters. The zero-order chi connectivity index (χ0) is 17.4. The Morgan fingerprint density at radius 3 is 2.75 bits per heavy atom. The number of morpholine rings is 1. The maximum Gasteiger partial charge on any atom is 0.240 e. The van der Waals surface area contributed by atoms with Gasteiger partial charge >= 0.3 is 0 Å². The minimum absolute atomic E-state index is 0.132. The Morgan fingerprint density at radius 2 is 2.12 bits per heavy atom. The van der Waals surface area contributed by atoms with Crippen molar-refractivity contribution >= 4 is 15.9 Å². The second kappa shape index (κ2) is 9.09. The van der Waals surface area contributed by atoms with Crippen molar-refractivity contribution in [3.63, 3.8) is 0 Å². The van der Waals surface area contributed by atoms with Crippen LogP contribution in [-0.4, -0.2) is 60.4 Å². The van der Waals surface area contributed by atoms with E-state index < -0.39 is 10.0 Å². The number of amides is 1. The molecule has 2 rings (SSSR count). The van der Waals surface area contributed by atoms with E-state index in [-0.39, 0.29) is 23.4 Å². The van der Waals surface area contributed by atoms with E-state index in [1.54, 1.807) is 12.1 Å². The number of hydrogen-bond donors (Lipinski definition) is 3. The van der Waals surface area contributed by atoms with Crippen LogP contribution in [0.5, 0.6) is 0 Å². The van der Waals surface area contributed by atoms with Crippen LogP contribution in [-0.2, 0) is 30.8 Å². The first-order valence-corrected chi connectivity index (χ1v) is 9.17. The average molecular weight is 357 g/mol. The number of benzene rings is 1. The second-order valence-electron chi connectivity index (χ2n) is 5.33. The van der Waals surface area contributed by atoms with Gasteiger partial charge in [-0.2, -0.15) is 0 Å². The number of carbonyl (C=O) groups is 1. The van der Waals surface area contributed by atoms with Gasteiger partial charge < -0.3 is 20.1 Å². The summed E-state index contributed by atoms with van der Waals surface area (Å²) in [7, 11) is -2.04. The van der Waals surface area contributed by atoms with Gasteiger partial charge in [-0.3, -0.25) is 4.79 Å². The maximum atomic E-state index is 12.0. The van der Waals surface area contributed by atoms with E-state index in [4.69, 9.17) is 9.47 Å². The van der Waals surface area contributed by atoms with Crippen molar-refractivity contribution in [3.05, 3.63) is 29.8 Å². The van der Waals surface area contributed by atoms with Gasteiger partial charge in [0.25, 0.3) is 0 Å². The van der Waals surface area contributed by atoms with Gasteiger partial charge in [0.05, 0.1) is 24.7 Å². The minimum atomic E-state index is -3.54. The first-order valence-electron chi connectivity index (χ1n) is 7.69. The predicted octanol–water partition coefficient (Wildman–Crippen LogP) is -0.784. The summed E-state index contributed by atoms with van der Waals surface area (Å²) in [4.78, 5) is 12.1. The van der Waals surface area contributed by atoms with Crippen LogP contribution in [0.1, 0.15) is 5.56 Å². The van der Waals surface area contributed by atoms with E-state index in [0.717, 1.165) is 5.56 Å². The van der Waals surface area contributed by atoms with Gasteiger partial charge in [0.15, 0.2) is 0 Å². The Morgan fingerprint density at radius 1 is 1.38 bits per heavy atom. The lowest BCUT2D eigenvalue weighted by Crippen LogP contribution is -2.51. The third-order valence-corrected chi connectivity index (χ3v) is 5.01. The van der Waals surface area contributed by atoms with Gasteiger partial charge in [-0.05, 0) is 17.7 Å². The fraction of sp³-hybridized carbons (Fsp3) is 0.533. The monoisotopic (exact) mass is 357 g/mol. The molecule has 0 spiro atoms. The molecule has 9 heteroatoms. The van der Waals surface area contributed by atoms with Crippen molar-refractivity contribution in [2.45, 2.75) is 17.5 Å². The van der Waals surface area contributed by atoms with E-state index >= 15 is 0 Å². The van der Waals surface area contributed by atoms with Crippen LogP contribution in [0.2, 0.25) is 0 Å². The van der Waals surface area contributed by atoms with Gasteiger partial charge in [-0.25, -0.2) is 13.1 Å². The lowest BCUT2D eigenvalue weighted by molar-refractivity contribution is -0.126. The summed E-state index contributed by atoms with van der Waals surface area (Å²) < 4.78 is 36.6. The van der Waals surface area contributed by atoms with Crippen LogP contribution in [0.25, 0.3) is 0 Å². The third kappa shape index (κ3) is 5.53. The lowest BCUT2D eigenvalue weighted by atomic mass is 10.2. The number of nitrogens with one attached hydrogen (secondary N) is 3. The standard InChI is InChI=1S/C15H23N3O5S/c1-22-8-7-18-24(20,21)13-4-2-12(3-5-13)10-17-15(19)14-11-23-9-6-16-14/h2-5,14,16,18H,6-11H2,1H3,(H,17,19). The molecule has 1 amide bonds. The smallest absolute Gasteiger partial charge is 0.240 e. The van der Waals surface area contributed by atoms with Crippen LogP contribution < -0.4 is 15.4 Å². The zero-order valence-corrected chi connectivity index (χ0v) is 14.4. The summed E-state index contributed by atoms with van der Waals surface area (Å²) in [5.41, 5.74) is 0.816. The summed E-state index contributed by atoms with van der Waals surface area (Å²) in [6.07, 6.45) is 0. The van der Waals surface area contributed by atoms with Gasteiger partial charge in [0.2, 0.25) is 15.9 Å². The van der Waals surface area contributed by atoms with Crippen molar-refractivity contribution in [2.24, 2.45) is 0 Å². The van der Waals surface area contributed by atoms with E-state index in [1.807, 2.05) is 0 Å². The Bertz CT molecular complexity index is 627. The molecule has 1 aromatic carbocycles. The number of carbonyl (C=O) groups excluding carboxylic acids is 1. The first kappa shape index (κ1) is 18.8. The first-order chi connectivity index (χ1) is 11.5. The van der Waals surface area contributed by atoms with Gasteiger partial charge in [-0.1, -0.05) is 12.1 Å². The van der Waals surface area contributed by atoms with Crippen molar-refractivity contribution in [2.75, 3.05) is 40.0 Å². The zero-order valence-electron chi connectivity index (χ0n) is 13.6. The predicted molar refractivity (Wildman–Crippen MR) is 88.0 cm³/mol. The van der Waals surface area contributed by atoms with Crippen LogP contribution in [0.15, 0.2) is 29.2 Å². The maximum absolute atomic E-state index is 12.0. The normalized spacial score (nSPS) is 18.3. The fourth-order valence-electron chi connectivity index (χ4n) is 2.19. The Balaban J connectivity index is 1.86. The molecule has 1 saturated heterocycles. The molecule has 1 aliphatic rings. The van der Waals surface area contributed by atoms with Gasteiger partial charge in [0.1, 0.15) is 6.04 Å². The third-order valence-electron chi connectivity index (χ3n) is 3.54. The molecule has 0 aromatic heterocycles. The molecule has 0 bridgehead atoms. The molecule has 0 radical (unpaired) electrons. The average Bonchev–Trinajstić information content (AvgIpc) is 2.61. The van der Waals surface area contributed by atoms with Crippen LogP contribution >= 0.6 is 0 Å². The second-order valence-corrected chi connectivity index (χ2v) is 7.10. The Hall–Kier alpha value is -1.52. The van der Waals surface area contributed by atoms with Gasteiger partial charge in [-0.15, -0.1) is 0 Å². The van der Waals surface area contributed by atoms with Crippen LogP contribution in [0.3, 0.4) is 0 Å². The van der Waals surface area contributed by atoms with Gasteiger partial charge in [0, 0.05) is 26.7 Å². The van der Waals surface area contributed by atoms with Crippen LogP contribution in [0, 0.1) is 0 Å². The summed E-state index contributed by atoms with van der Waals surface area (Å²) >= 11 is 0. The molecule has 8 nitrogen and oxygen atoms in total. The highest BCUT2D eigenvalue weighted by Gasteiger charge is 2.20. The van der Waals surface area contributed by atoms with Crippen molar-refractivity contribution in [1.29, 1.82) is 0 Å². The molecule has 24 heavy (non-hydrogen) atoms. The summed E-state index contributed by atoms with van der Waals surface area (Å²) in [5.74, 6) is -0.132. The Kier molecular flexibility index (Phi) is 7.13. The molecule has 1 fully saturated rings. The highest BCUT2D eigenvalue weighted by molar-refractivity contribution is 7.89. The van der Waals surface area contributed by atoms with Crippen molar-refractivity contribution in [1.82, 2.24) is 15.4 Å². The number of sulfonamides is 1. The van der Waals surface area contributed by atoms with E-state index in [1.165, 1.54) is 19.2 Å². The molecule has 134 valence electrons. The molecule has 0 aliphatic carbocycles. The number of ether oxygens (including phenoxy) is 2. The molecule has 0 saturated carbocycles. The summed E-state index contributed by atoms with van der Waals surface area (Å²) in [6, 6.07) is 6.03. The topological polar surface area (TPSA) is 106 Å². The molecule has 1 aromatic rings.